The highest BCUT2D eigenvalue weighted by molar-refractivity contribution is 8.03. The molecule has 0 amide bonds. The summed E-state index contributed by atoms with van der Waals surface area (Å²) in [4.78, 5) is 12.0. The van der Waals surface area contributed by atoms with Crippen LogP contribution in [0.4, 0.5) is 0 Å². The molecule has 0 bridgehead atoms. The van der Waals surface area contributed by atoms with Gasteiger partial charge in [-0.15, -0.1) is 23.1 Å². The van der Waals surface area contributed by atoms with Crippen LogP contribution >= 0.6 is 23.1 Å². The lowest BCUT2D eigenvalue weighted by Crippen LogP contribution is -2.21. The fourth-order valence-corrected chi connectivity index (χ4v) is 3.76. The van der Waals surface area contributed by atoms with Crippen LogP contribution in [0.25, 0.3) is 0 Å². The van der Waals surface area contributed by atoms with Gasteiger partial charge in [0.05, 0.1) is 11.2 Å². The van der Waals surface area contributed by atoms with E-state index >= 15 is 0 Å². The Labute approximate surface area is 90.6 Å². The van der Waals surface area contributed by atoms with Gasteiger partial charge in [0.15, 0.2) is 0 Å². The molecule has 1 unspecified atom stereocenters. The van der Waals surface area contributed by atoms with Crippen molar-refractivity contribution >= 4 is 29.1 Å². The first kappa shape index (κ1) is 9.80. The van der Waals surface area contributed by atoms with Crippen LogP contribution < -0.4 is 0 Å². The first-order valence-electron chi connectivity index (χ1n) is 4.31. The van der Waals surface area contributed by atoms with Gasteiger partial charge in [0.1, 0.15) is 0 Å². The van der Waals surface area contributed by atoms with Crippen LogP contribution in [0.5, 0.6) is 0 Å². The minimum atomic E-state index is -0.727. The van der Waals surface area contributed by atoms with Gasteiger partial charge in [0, 0.05) is 4.88 Å². The van der Waals surface area contributed by atoms with Gasteiger partial charge in [-0.25, -0.2) is 0 Å². The summed E-state index contributed by atoms with van der Waals surface area (Å²) >= 11 is 3.26. The number of hydrogen-bond acceptors (Lipinski definition) is 3. The Kier molecular flexibility index (Phi) is 2.65. The average Bonchev–Trinajstić information content (AvgIpc) is 2.69. The molecule has 0 aliphatic carbocycles. The summed E-state index contributed by atoms with van der Waals surface area (Å²) in [5.74, 6) is -0.727. The maximum atomic E-state index is 10.8. The maximum Gasteiger partial charge on any atom is 0.305 e. The molecule has 2 nitrogen and oxygen atoms in total. The van der Waals surface area contributed by atoms with E-state index in [0.717, 1.165) is 11.3 Å². The smallest absolute Gasteiger partial charge is 0.305 e. The number of rotatable bonds is 3. The van der Waals surface area contributed by atoms with E-state index in [2.05, 4.69) is 0 Å². The molecular weight excluding hydrogens is 216 g/mol. The normalized spacial score (nSPS) is 25.4. The number of thioether (sulfide) groups is 1. The molecule has 4 heteroatoms. The molecule has 0 fully saturated rings. The van der Waals surface area contributed by atoms with Crippen LogP contribution in [-0.2, 0) is 9.54 Å². The number of allylic oxidation sites excluding steroid dienone is 1. The molecule has 1 aromatic rings. The highest BCUT2D eigenvalue weighted by Crippen LogP contribution is 2.49. The monoisotopic (exact) mass is 226 g/mol. The van der Waals surface area contributed by atoms with Crippen LogP contribution in [0, 0.1) is 0 Å². The highest BCUT2D eigenvalue weighted by Gasteiger charge is 2.37. The van der Waals surface area contributed by atoms with Gasteiger partial charge in [0.2, 0.25) is 0 Å². The first-order chi connectivity index (χ1) is 6.73. The van der Waals surface area contributed by atoms with E-state index < -0.39 is 5.97 Å². The van der Waals surface area contributed by atoms with E-state index in [0.29, 0.717) is 0 Å². The van der Waals surface area contributed by atoms with Crippen LogP contribution in [0.1, 0.15) is 17.7 Å². The zero-order chi connectivity index (χ0) is 10.0. The number of thiophene rings is 1. The molecular formula is C10H10O2S2. The van der Waals surface area contributed by atoms with E-state index in [1.165, 1.54) is 0 Å². The molecule has 1 aliphatic heterocycles. The van der Waals surface area contributed by atoms with E-state index in [4.69, 9.17) is 5.11 Å². The largest absolute Gasteiger partial charge is 0.481 e. The number of aliphatic carboxylic acids is 1. The molecule has 1 aromatic heterocycles. The summed E-state index contributed by atoms with van der Waals surface area (Å²) in [6.45, 7) is 0. The Bertz CT molecular complexity index is 346. The lowest BCUT2D eigenvalue weighted by Gasteiger charge is -2.24. The number of hydrogen-bond donors (Lipinski definition) is 1. The van der Waals surface area contributed by atoms with Crippen molar-refractivity contribution in [3.8, 4) is 0 Å². The van der Waals surface area contributed by atoms with Crippen molar-refractivity contribution in [3.05, 3.63) is 33.9 Å². The molecule has 14 heavy (non-hydrogen) atoms. The van der Waals surface area contributed by atoms with Crippen molar-refractivity contribution < 1.29 is 9.90 Å². The van der Waals surface area contributed by atoms with Crippen molar-refractivity contribution in [3.63, 3.8) is 0 Å². The van der Waals surface area contributed by atoms with Gasteiger partial charge in [-0.3, -0.25) is 4.79 Å². The second kappa shape index (κ2) is 3.79. The van der Waals surface area contributed by atoms with Crippen LogP contribution in [0.15, 0.2) is 29.0 Å². The molecule has 0 spiro atoms. The van der Waals surface area contributed by atoms with Crippen LogP contribution in [0.2, 0.25) is 0 Å². The Morgan fingerprint density at radius 3 is 3.00 bits per heavy atom. The van der Waals surface area contributed by atoms with E-state index in [1.54, 1.807) is 23.1 Å². The fourth-order valence-electron chi connectivity index (χ4n) is 1.61. The zero-order valence-electron chi connectivity index (χ0n) is 7.47. The molecule has 1 N–H and O–H groups in total. The van der Waals surface area contributed by atoms with Gasteiger partial charge in [-0.1, -0.05) is 12.1 Å². The summed E-state index contributed by atoms with van der Waals surface area (Å²) in [6, 6.07) is 4.00. The summed E-state index contributed by atoms with van der Waals surface area (Å²) in [6.07, 6.45) is 3.07. The number of carbonyl (C=O) groups is 1. The van der Waals surface area contributed by atoms with E-state index in [1.807, 2.05) is 29.0 Å². The Morgan fingerprint density at radius 1 is 1.64 bits per heavy atom. The lowest BCUT2D eigenvalue weighted by atomic mass is 9.98. The maximum absolute atomic E-state index is 10.8. The third-order valence-corrected chi connectivity index (χ3v) is 4.76. The van der Waals surface area contributed by atoms with Gasteiger partial charge in [-0.2, -0.15) is 0 Å². The Balaban J connectivity index is 2.27. The highest BCUT2D eigenvalue weighted by atomic mass is 32.2. The summed E-state index contributed by atoms with van der Waals surface area (Å²) in [5.41, 5.74) is 0. The van der Waals surface area contributed by atoms with Crippen molar-refractivity contribution in [1.82, 2.24) is 0 Å². The predicted octanol–water partition coefficient (Wildman–Crippen LogP) is 3.07. The molecule has 0 saturated heterocycles. The van der Waals surface area contributed by atoms with Gasteiger partial charge in [-0.05, 0) is 23.3 Å². The summed E-state index contributed by atoms with van der Waals surface area (Å²) < 4.78 is -0.236. The van der Waals surface area contributed by atoms with Gasteiger partial charge >= 0.3 is 5.97 Å². The van der Waals surface area contributed by atoms with Gasteiger partial charge < -0.3 is 5.11 Å². The molecule has 74 valence electrons. The predicted molar refractivity (Wildman–Crippen MR) is 59.6 cm³/mol. The topological polar surface area (TPSA) is 37.3 Å². The minimum absolute atomic E-state index is 0.200. The third kappa shape index (κ3) is 1.72. The van der Waals surface area contributed by atoms with Crippen molar-refractivity contribution in [2.24, 2.45) is 0 Å². The molecule has 0 aromatic carbocycles. The second-order valence-electron chi connectivity index (χ2n) is 3.24. The molecule has 0 radical (unpaired) electrons. The first-order valence-corrected chi connectivity index (χ1v) is 6.07. The van der Waals surface area contributed by atoms with Crippen molar-refractivity contribution in [2.45, 2.75) is 17.6 Å². The standard InChI is InChI=1S/C10H10O2S2/c11-9(12)7-10(4-2-6-14-10)8-3-1-5-13-8/h1-3,5-6H,4,7H2,(H,11,12). The lowest BCUT2D eigenvalue weighted by molar-refractivity contribution is -0.137. The fraction of sp³-hybridized carbons (Fsp3) is 0.300. The zero-order valence-corrected chi connectivity index (χ0v) is 9.11. The minimum Gasteiger partial charge on any atom is -0.481 e. The van der Waals surface area contributed by atoms with Crippen LogP contribution in [-0.4, -0.2) is 11.1 Å². The summed E-state index contributed by atoms with van der Waals surface area (Å²) in [5, 5.41) is 12.9. The van der Waals surface area contributed by atoms with Crippen LogP contribution in [0.3, 0.4) is 0 Å². The quantitative estimate of drug-likeness (QED) is 0.860. The molecule has 2 rings (SSSR count). The molecule has 1 atom stereocenters. The van der Waals surface area contributed by atoms with E-state index in [9.17, 15) is 4.79 Å². The van der Waals surface area contributed by atoms with Gasteiger partial charge in [0.25, 0.3) is 0 Å². The van der Waals surface area contributed by atoms with E-state index in [-0.39, 0.29) is 11.2 Å². The SMILES string of the molecule is O=C(O)CC1(c2cccs2)CC=CS1. The number of carboxylic acids is 1. The molecule has 2 heterocycles. The number of carboxylic acid groups (broad SMARTS) is 1. The third-order valence-electron chi connectivity index (χ3n) is 2.24. The molecule has 0 saturated carbocycles. The summed E-state index contributed by atoms with van der Waals surface area (Å²) in [7, 11) is 0. The molecule has 1 aliphatic rings. The Hall–Kier alpha value is -0.740. The van der Waals surface area contributed by atoms with Crippen molar-refractivity contribution in [2.75, 3.05) is 0 Å². The average molecular weight is 226 g/mol. The Morgan fingerprint density at radius 2 is 2.50 bits per heavy atom. The second-order valence-corrected chi connectivity index (χ2v) is 5.47. The van der Waals surface area contributed by atoms with Crippen molar-refractivity contribution in [1.29, 1.82) is 0 Å².